The van der Waals surface area contributed by atoms with Crippen molar-refractivity contribution in [3.63, 3.8) is 0 Å². The summed E-state index contributed by atoms with van der Waals surface area (Å²) < 4.78 is 0. The van der Waals surface area contributed by atoms with Crippen molar-refractivity contribution in [2.45, 2.75) is 58.0 Å². The lowest BCUT2D eigenvalue weighted by atomic mass is 9.88. The predicted molar refractivity (Wildman–Crippen MR) is 129 cm³/mol. The molecular formula is C27H35N3. The Balaban J connectivity index is 2.14. The van der Waals surface area contributed by atoms with E-state index in [0.717, 1.165) is 47.5 Å². The zero-order chi connectivity index (χ0) is 21.8. The molecule has 2 atom stereocenters. The minimum atomic E-state index is -0.364. The second-order valence-electron chi connectivity index (χ2n) is 8.71. The molecule has 4 N–H and O–H groups in total. The molecule has 1 unspecified atom stereocenters. The van der Waals surface area contributed by atoms with Gasteiger partial charge in [-0.25, -0.2) is 0 Å². The smallest absolute Gasteiger partial charge is 0.0465 e. The van der Waals surface area contributed by atoms with Gasteiger partial charge in [0.1, 0.15) is 0 Å². The Hall–Kier alpha value is -2.62. The first-order chi connectivity index (χ1) is 14.3. The summed E-state index contributed by atoms with van der Waals surface area (Å²) in [5.41, 5.74) is 18.1. The molecule has 3 nitrogen and oxygen atoms in total. The van der Waals surface area contributed by atoms with E-state index in [1.54, 1.807) is 0 Å². The number of nitrogens with zero attached hydrogens (tertiary/aromatic N) is 1. The molecular weight excluding hydrogens is 366 g/mol. The van der Waals surface area contributed by atoms with Crippen molar-refractivity contribution in [3.05, 3.63) is 90.0 Å². The van der Waals surface area contributed by atoms with Gasteiger partial charge in [0.25, 0.3) is 0 Å². The monoisotopic (exact) mass is 401 g/mol. The molecule has 0 saturated carbocycles. The minimum Gasteiger partial charge on any atom is -0.322 e. The van der Waals surface area contributed by atoms with E-state index in [0.29, 0.717) is 0 Å². The first-order valence-corrected chi connectivity index (χ1v) is 10.9. The van der Waals surface area contributed by atoms with Crippen LogP contribution >= 0.6 is 0 Å². The van der Waals surface area contributed by atoms with Gasteiger partial charge >= 0.3 is 0 Å². The fraction of sp³-hybridized carbons (Fsp3) is 0.333. The highest BCUT2D eigenvalue weighted by Crippen LogP contribution is 2.38. The lowest BCUT2D eigenvalue weighted by Crippen LogP contribution is -2.33. The van der Waals surface area contributed by atoms with Crippen LogP contribution in [0, 0.1) is 0 Å². The van der Waals surface area contributed by atoms with E-state index in [9.17, 15) is 0 Å². The topological polar surface area (TPSA) is 55.3 Å². The second kappa shape index (κ2) is 9.03. The van der Waals surface area contributed by atoms with Crippen LogP contribution in [-0.4, -0.2) is 0 Å². The van der Waals surface area contributed by atoms with Crippen molar-refractivity contribution < 1.29 is 0 Å². The first kappa shape index (κ1) is 22.1. The van der Waals surface area contributed by atoms with Crippen molar-refractivity contribution in [1.29, 1.82) is 0 Å². The normalized spacial score (nSPS) is 15.3. The Kier molecular flexibility index (Phi) is 6.64. The van der Waals surface area contributed by atoms with Gasteiger partial charge in [0, 0.05) is 28.1 Å². The number of benzene rings is 3. The van der Waals surface area contributed by atoms with Gasteiger partial charge < -0.3 is 16.4 Å². The van der Waals surface area contributed by atoms with Gasteiger partial charge in [0.15, 0.2) is 0 Å². The van der Waals surface area contributed by atoms with Gasteiger partial charge in [-0.1, -0.05) is 62.7 Å². The molecule has 3 rings (SSSR count). The fourth-order valence-corrected chi connectivity index (χ4v) is 3.89. The van der Waals surface area contributed by atoms with E-state index in [4.69, 9.17) is 11.5 Å². The molecule has 0 aliphatic rings. The van der Waals surface area contributed by atoms with Crippen LogP contribution in [0.15, 0.2) is 78.9 Å². The zero-order valence-corrected chi connectivity index (χ0v) is 18.7. The van der Waals surface area contributed by atoms with Crippen LogP contribution in [0.5, 0.6) is 0 Å². The number of nitrogens with two attached hydrogens (primary N) is 2. The predicted octanol–water partition coefficient (Wildman–Crippen LogP) is 6.71. The molecule has 0 spiro atoms. The molecule has 0 fully saturated rings. The quantitative estimate of drug-likeness (QED) is 0.441. The molecule has 0 aromatic heterocycles. The highest BCUT2D eigenvalue weighted by molar-refractivity contribution is 5.77. The van der Waals surface area contributed by atoms with Crippen LogP contribution in [0.4, 0.5) is 17.1 Å². The van der Waals surface area contributed by atoms with Crippen LogP contribution in [0.2, 0.25) is 0 Å². The first-order valence-electron chi connectivity index (χ1n) is 10.9. The van der Waals surface area contributed by atoms with Crippen molar-refractivity contribution in [1.82, 2.24) is 0 Å². The molecule has 0 saturated heterocycles. The summed E-state index contributed by atoms with van der Waals surface area (Å²) in [6.07, 6.45) is 2.87. The summed E-state index contributed by atoms with van der Waals surface area (Å²) in [5, 5.41) is 0. The lowest BCUT2D eigenvalue weighted by molar-refractivity contribution is 0.447. The maximum absolute atomic E-state index is 6.66. The SMILES string of the molecule is CCC[C@](C)(N)c1cccc(N(c2ccccc2)c2cccc(C(C)(N)CC)c2)c1. The maximum atomic E-state index is 6.66. The summed E-state index contributed by atoms with van der Waals surface area (Å²) >= 11 is 0. The molecule has 3 aromatic carbocycles. The Bertz CT molecular complexity index is 961. The fourth-order valence-electron chi connectivity index (χ4n) is 3.89. The molecule has 0 radical (unpaired) electrons. The number of hydrogen-bond acceptors (Lipinski definition) is 3. The second-order valence-corrected chi connectivity index (χ2v) is 8.71. The summed E-state index contributed by atoms with van der Waals surface area (Å²) in [6, 6.07) is 27.6. The molecule has 0 amide bonds. The Morgan fingerprint density at radius 2 is 1.17 bits per heavy atom. The average molecular weight is 402 g/mol. The molecule has 3 heteroatoms. The van der Waals surface area contributed by atoms with Crippen LogP contribution < -0.4 is 16.4 Å². The van der Waals surface area contributed by atoms with E-state index >= 15 is 0 Å². The van der Waals surface area contributed by atoms with Crippen molar-refractivity contribution >= 4 is 17.1 Å². The summed E-state index contributed by atoms with van der Waals surface area (Å²) in [5.74, 6) is 0. The van der Waals surface area contributed by atoms with E-state index in [1.807, 2.05) is 6.07 Å². The molecule has 0 aliphatic heterocycles. The van der Waals surface area contributed by atoms with Crippen molar-refractivity contribution in [2.24, 2.45) is 11.5 Å². The van der Waals surface area contributed by atoms with Gasteiger partial charge in [-0.15, -0.1) is 0 Å². The van der Waals surface area contributed by atoms with Gasteiger partial charge in [-0.2, -0.15) is 0 Å². The molecule has 3 aromatic rings. The van der Waals surface area contributed by atoms with Gasteiger partial charge in [0.2, 0.25) is 0 Å². The standard InChI is InChI=1S/C27H35N3/c1-5-18-27(4,29)22-13-11-17-25(20-22)30(23-14-8-7-9-15-23)24-16-10-12-21(19-24)26(3,28)6-2/h7-17,19-20H,5-6,18,28-29H2,1-4H3/t26?,27-/m0/s1. The van der Waals surface area contributed by atoms with Gasteiger partial charge in [0.05, 0.1) is 0 Å². The molecule has 0 heterocycles. The Morgan fingerprint density at radius 3 is 1.67 bits per heavy atom. The lowest BCUT2D eigenvalue weighted by Gasteiger charge is -2.31. The Labute approximate surface area is 181 Å². The number of hydrogen-bond donors (Lipinski definition) is 2. The Morgan fingerprint density at radius 1 is 0.667 bits per heavy atom. The summed E-state index contributed by atoms with van der Waals surface area (Å²) in [7, 11) is 0. The van der Waals surface area contributed by atoms with E-state index in [-0.39, 0.29) is 11.1 Å². The number of rotatable bonds is 8. The van der Waals surface area contributed by atoms with E-state index in [2.05, 4.69) is 105 Å². The van der Waals surface area contributed by atoms with Crippen LogP contribution in [-0.2, 0) is 11.1 Å². The average Bonchev–Trinajstić information content (AvgIpc) is 2.75. The van der Waals surface area contributed by atoms with Crippen molar-refractivity contribution in [2.75, 3.05) is 4.90 Å². The van der Waals surface area contributed by atoms with E-state index < -0.39 is 0 Å². The third kappa shape index (κ3) is 4.75. The number of para-hydroxylation sites is 1. The largest absolute Gasteiger partial charge is 0.322 e. The molecule has 0 aliphatic carbocycles. The maximum Gasteiger partial charge on any atom is 0.0465 e. The van der Waals surface area contributed by atoms with E-state index in [1.165, 1.54) is 0 Å². The summed E-state index contributed by atoms with van der Waals surface area (Å²) in [4.78, 5) is 2.28. The zero-order valence-electron chi connectivity index (χ0n) is 18.7. The summed E-state index contributed by atoms with van der Waals surface area (Å²) in [6.45, 7) is 8.50. The highest BCUT2D eigenvalue weighted by atomic mass is 15.1. The molecule has 158 valence electrons. The number of anilines is 3. The van der Waals surface area contributed by atoms with Gasteiger partial charge in [-0.05, 0) is 74.2 Å². The third-order valence-corrected chi connectivity index (χ3v) is 6.05. The highest BCUT2D eigenvalue weighted by Gasteiger charge is 2.23. The van der Waals surface area contributed by atoms with Crippen LogP contribution in [0.3, 0.4) is 0 Å². The van der Waals surface area contributed by atoms with Crippen LogP contribution in [0.25, 0.3) is 0 Å². The van der Waals surface area contributed by atoms with Crippen molar-refractivity contribution in [3.8, 4) is 0 Å². The third-order valence-electron chi connectivity index (χ3n) is 6.05. The molecule has 30 heavy (non-hydrogen) atoms. The van der Waals surface area contributed by atoms with Crippen LogP contribution in [0.1, 0.15) is 58.1 Å². The minimum absolute atomic E-state index is 0.354. The van der Waals surface area contributed by atoms with Gasteiger partial charge in [-0.3, -0.25) is 0 Å². The molecule has 0 bridgehead atoms.